The summed E-state index contributed by atoms with van der Waals surface area (Å²) in [5, 5.41) is 3.55. The van der Waals surface area contributed by atoms with Crippen molar-refractivity contribution in [2.24, 2.45) is 0 Å². The Morgan fingerprint density at radius 1 is 1.19 bits per heavy atom. The number of nitrogens with one attached hydrogen (secondary N) is 1. The quantitative estimate of drug-likeness (QED) is 0.841. The van der Waals surface area contributed by atoms with Crippen LogP contribution in [0.4, 0.5) is 4.39 Å². The van der Waals surface area contributed by atoms with E-state index in [2.05, 4.69) is 17.1 Å². The molecular formula is C17H23FN2O. The van der Waals surface area contributed by atoms with Crippen molar-refractivity contribution in [2.45, 2.75) is 25.4 Å². The lowest BCUT2D eigenvalue weighted by molar-refractivity contribution is 0.243. The predicted octanol–water partition coefficient (Wildman–Crippen LogP) is 3.76. The second kappa shape index (κ2) is 7.38. The van der Waals surface area contributed by atoms with Crippen molar-refractivity contribution < 1.29 is 8.81 Å². The highest BCUT2D eigenvalue weighted by molar-refractivity contribution is 5.20. The lowest BCUT2D eigenvalue weighted by Crippen LogP contribution is -2.33. The summed E-state index contributed by atoms with van der Waals surface area (Å²) < 4.78 is 18.5. The van der Waals surface area contributed by atoms with Gasteiger partial charge in [-0.25, -0.2) is 4.39 Å². The molecule has 1 N–H and O–H groups in total. The number of rotatable bonds is 7. The molecule has 4 heteroatoms. The molecule has 2 unspecified atom stereocenters. The SMILES string of the molecule is CCC(NCC(c1ccco1)N(C)C)c1ccc(F)cc1. The molecule has 114 valence electrons. The van der Waals surface area contributed by atoms with Gasteiger partial charge in [0.1, 0.15) is 11.6 Å². The Bertz CT molecular complexity index is 522. The van der Waals surface area contributed by atoms with Crippen LogP contribution in [0.1, 0.15) is 36.8 Å². The zero-order chi connectivity index (χ0) is 15.2. The Hall–Kier alpha value is -1.65. The van der Waals surface area contributed by atoms with Gasteiger partial charge in [-0.15, -0.1) is 0 Å². The van der Waals surface area contributed by atoms with Crippen molar-refractivity contribution in [1.82, 2.24) is 10.2 Å². The average molecular weight is 290 g/mol. The monoisotopic (exact) mass is 290 g/mol. The summed E-state index contributed by atoms with van der Waals surface area (Å²) in [4.78, 5) is 2.13. The highest BCUT2D eigenvalue weighted by atomic mass is 19.1. The van der Waals surface area contributed by atoms with E-state index in [1.807, 2.05) is 38.4 Å². The Morgan fingerprint density at radius 2 is 1.90 bits per heavy atom. The molecule has 0 aliphatic heterocycles. The van der Waals surface area contributed by atoms with Crippen LogP contribution in [-0.4, -0.2) is 25.5 Å². The largest absolute Gasteiger partial charge is 0.468 e. The number of likely N-dealkylation sites (N-methyl/N-ethyl adjacent to an activating group) is 1. The van der Waals surface area contributed by atoms with E-state index in [9.17, 15) is 4.39 Å². The first kappa shape index (κ1) is 15.7. The van der Waals surface area contributed by atoms with E-state index in [0.29, 0.717) is 0 Å². The second-order valence-corrected chi connectivity index (χ2v) is 5.42. The topological polar surface area (TPSA) is 28.4 Å². The molecule has 0 saturated carbocycles. The summed E-state index contributed by atoms with van der Waals surface area (Å²) in [7, 11) is 4.07. The lowest BCUT2D eigenvalue weighted by Gasteiger charge is -2.26. The van der Waals surface area contributed by atoms with Crippen LogP contribution in [0.5, 0.6) is 0 Å². The fourth-order valence-corrected chi connectivity index (χ4v) is 2.47. The van der Waals surface area contributed by atoms with E-state index in [1.165, 1.54) is 12.1 Å². The summed E-state index contributed by atoms with van der Waals surface area (Å²) in [6.07, 6.45) is 2.65. The minimum Gasteiger partial charge on any atom is -0.468 e. The van der Waals surface area contributed by atoms with Crippen molar-refractivity contribution in [3.05, 3.63) is 59.8 Å². The highest BCUT2D eigenvalue weighted by Crippen LogP contribution is 2.21. The summed E-state index contributed by atoms with van der Waals surface area (Å²) in [6.45, 7) is 2.90. The molecule has 21 heavy (non-hydrogen) atoms. The van der Waals surface area contributed by atoms with Gasteiger partial charge in [-0.05, 0) is 50.3 Å². The molecule has 0 fully saturated rings. The van der Waals surface area contributed by atoms with Gasteiger partial charge >= 0.3 is 0 Å². The van der Waals surface area contributed by atoms with Gasteiger partial charge in [0.05, 0.1) is 12.3 Å². The van der Waals surface area contributed by atoms with Crippen molar-refractivity contribution in [2.75, 3.05) is 20.6 Å². The molecule has 1 aromatic carbocycles. The lowest BCUT2D eigenvalue weighted by atomic mass is 10.0. The number of benzene rings is 1. The Labute approximate surface area is 125 Å². The molecule has 1 aromatic heterocycles. The Kier molecular flexibility index (Phi) is 5.53. The third-order valence-electron chi connectivity index (χ3n) is 3.73. The van der Waals surface area contributed by atoms with E-state index >= 15 is 0 Å². The first-order chi connectivity index (χ1) is 10.1. The summed E-state index contributed by atoms with van der Waals surface area (Å²) >= 11 is 0. The standard InChI is InChI=1S/C17H23FN2O/c1-4-15(13-7-9-14(18)10-8-13)19-12-16(20(2)3)17-6-5-11-21-17/h5-11,15-16,19H,4,12H2,1-3H3. The Balaban J connectivity index is 2.03. The zero-order valence-electron chi connectivity index (χ0n) is 12.8. The van der Waals surface area contributed by atoms with Crippen LogP contribution in [0.3, 0.4) is 0 Å². The van der Waals surface area contributed by atoms with Crippen LogP contribution < -0.4 is 5.32 Å². The summed E-state index contributed by atoms with van der Waals surface area (Å²) in [6, 6.07) is 11.0. The van der Waals surface area contributed by atoms with Crippen molar-refractivity contribution in [3.63, 3.8) is 0 Å². The minimum atomic E-state index is -0.199. The molecule has 0 radical (unpaired) electrons. The minimum absolute atomic E-state index is 0.175. The fraction of sp³-hybridized carbons (Fsp3) is 0.412. The van der Waals surface area contributed by atoms with E-state index in [4.69, 9.17) is 4.42 Å². The molecule has 3 nitrogen and oxygen atoms in total. The third-order valence-corrected chi connectivity index (χ3v) is 3.73. The van der Waals surface area contributed by atoms with Crippen LogP contribution in [0, 0.1) is 5.82 Å². The molecule has 0 bridgehead atoms. The second-order valence-electron chi connectivity index (χ2n) is 5.42. The molecular weight excluding hydrogens is 267 g/mol. The maximum Gasteiger partial charge on any atom is 0.123 e. The highest BCUT2D eigenvalue weighted by Gasteiger charge is 2.18. The molecule has 2 rings (SSSR count). The van der Waals surface area contributed by atoms with Gasteiger partial charge < -0.3 is 9.73 Å². The summed E-state index contributed by atoms with van der Waals surface area (Å²) in [5.41, 5.74) is 1.11. The van der Waals surface area contributed by atoms with Gasteiger partial charge in [-0.3, -0.25) is 4.90 Å². The van der Waals surface area contributed by atoms with Crippen LogP contribution in [0.2, 0.25) is 0 Å². The summed E-state index contributed by atoms with van der Waals surface area (Å²) in [5.74, 6) is 0.747. The maximum absolute atomic E-state index is 13.0. The first-order valence-electron chi connectivity index (χ1n) is 7.30. The van der Waals surface area contributed by atoms with Gasteiger partial charge in [-0.2, -0.15) is 0 Å². The van der Waals surface area contributed by atoms with Crippen LogP contribution >= 0.6 is 0 Å². The van der Waals surface area contributed by atoms with E-state index < -0.39 is 0 Å². The zero-order valence-corrected chi connectivity index (χ0v) is 12.8. The van der Waals surface area contributed by atoms with Crippen LogP contribution in [-0.2, 0) is 0 Å². The molecule has 0 spiro atoms. The van der Waals surface area contributed by atoms with E-state index in [0.717, 1.165) is 24.3 Å². The average Bonchev–Trinajstić information content (AvgIpc) is 2.98. The number of halogens is 1. The van der Waals surface area contributed by atoms with Gasteiger partial charge in [-0.1, -0.05) is 19.1 Å². The molecule has 0 amide bonds. The Morgan fingerprint density at radius 3 is 2.43 bits per heavy atom. The van der Waals surface area contributed by atoms with Gasteiger partial charge in [0, 0.05) is 12.6 Å². The molecule has 0 aliphatic carbocycles. The van der Waals surface area contributed by atoms with Crippen LogP contribution in [0.15, 0.2) is 47.1 Å². The fourth-order valence-electron chi connectivity index (χ4n) is 2.47. The van der Waals surface area contributed by atoms with E-state index in [-0.39, 0.29) is 17.9 Å². The third kappa shape index (κ3) is 4.16. The number of hydrogen-bond acceptors (Lipinski definition) is 3. The number of furan rings is 1. The van der Waals surface area contributed by atoms with Gasteiger partial charge in [0.25, 0.3) is 0 Å². The molecule has 0 saturated heterocycles. The van der Waals surface area contributed by atoms with Crippen molar-refractivity contribution in [3.8, 4) is 0 Å². The van der Waals surface area contributed by atoms with Crippen LogP contribution in [0.25, 0.3) is 0 Å². The molecule has 1 heterocycles. The molecule has 2 atom stereocenters. The normalized spacial score (nSPS) is 14.3. The van der Waals surface area contributed by atoms with Crippen molar-refractivity contribution >= 4 is 0 Å². The molecule has 2 aromatic rings. The number of hydrogen-bond donors (Lipinski definition) is 1. The smallest absolute Gasteiger partial charge is 0.123 e. The van der Waals surface area contributed by atoms with Gasteiger partial charge in [0.2, 0.25) is 0 Å². The number of nitrogens with zero attached hydrogens (tertiary/aromatic N) is 1. The van der Waals surface area contributed by atoms with E-state index in [1.54, 1.807) is 6.26 Å². The molecule has 0 aliphatic rings. The maximum atomic E-state index is 13.0. The first-order valence-corrected chi connectivity index (χ1v) is 7.30. The van der Waals surface area contributed by atoms with Gasteiger partial charge in [0.15, 0.2) is 0 Å². The van der Waals surface area contributed by atoms with Crippen molar-refractivity contribution in [1.29, 1.82) is 0 Å². The predicted molar refractivity (Wildman–Crippen MR) is 82.6 cm³/mol.